The highest BCUT2D eigenvalue weighted by Gasteiger charge is 2.19. The Kier molecular flexibility index (Phi) is 6.61. The van der Waals surface area contributed by atoms with E-state index in [0.717, 1.165) is 33.7 Å². The molecule has 4 rings (SSSR count). The zero-order chi connectivity index (χ0) is 20.8. The van der Waals surface area contributed by atoms with E-state index in [1.165, 1.54) is 11.8 Å². The van der Waals surface area contributed by atoms with Gasteiger partial charge in [0.15, 0.2) is 11.0 Å². The molecule has 5 nitrogen and oxygen atoms in total. The Labute approximate surface area is 184 Å². The Morgan fingerprint density at radius 1 is 1.00 bits per heavy atom. The van der Waals surface area contributed by atoms with Crippen LogP contribution in [0.5, 0.6) is 0 Å². The summed E-state index contributed by atoms with van der Waals surface area (Å²) in [6.45, 7) is 3.35. The first kappa shape index (κ1) is 20.4. The summed E-state index contributed by atoms with van der Waals surface area (Å²) < 4.78 is 2.06. The minimum atomic E-state index is 0.0402. The van der Waals surface area contributed by atoms with Crippen molar-refractivity contribution in [3.8, 4) is 10.7 Å². The molecule has 4 aromatic rings. The number of rotatable bonds is 8. The van der Waals surface area contributed by atoms with E-state index in [4.69, 9.17) is 0 Å². The molecule has 2 aromatic heterocycles. The number of thioether (sulfide) groups is 1. The molecule has 0 saturated heterocycles. The molecule has 2 aromatic carbocycles. The van der Waals surface area contributed by atoms with Gasteiger partial charge in [0.25, 0.3) is 0 Å². The minimum absolute atomic E-state index is 0.0402. The van der Waals surface area contributed by atoms with Gasteiger partial charge in [0.2, 0.25) is 5.91 Å². The van der Waals surface area contributed by atoms with E-state index >= 15 is 0 Å². The van der Waals surface area contributed by atoms with Gasteiger partial charge < -0.3 is 9.47 Å². The Hall–Kier alpha value is -2.90. The molecule has 0 aliphatic heterocycles. The predicted octanol–water partition coefficient (Wildman–Crippen LogP) is 5.35. The molecule has 1 amide bonds. The number of carbonyl (C=O) groups excluding carboxylic acids is 1. The second-order valence-electron chi connectivity index (χ2n) is 6.62. The molecule has 0 spiro atoms. The maximum atomic E-state index is 13.2. The van der Waals surface area contributed by atoms with E-state index in [1.54, 1.807) is 11.3 Å². The maximum Gasteiger partial charge on any atom is 0.237 e. The predicted molar refractivity (Wildman–Crippen MR) is 124 cm³/mol. The standard InChI is InChI=1S/C23H22N4OS2/c1-2-26-22(20-14-9-15-29-20)24-25-23(26)30-17-21(28)27(19-12-7-4-8-13-19)16-18-10-5-3-6-11-18/h3-15H,2,16-17H2,1H3. The van der Waals surface area contributed by atoms with E-state index in [-0.39, 0.29) is 5.91 Å². The lowest BCUT2D eigenvalue weighted by molar-refractivity contribution is -0.116. The lowest BCUT2D eigenvalue weighted by Crippen LogP contribution is -2.32. The average molecular weight is 435 g/mol. The molecule has 0 aliphatic carbocycles. The number of aromatic nitrogens is 3. The molecule has 0 N–H and O–H groups in total. The summed E-state index contributed by atoms with van der Waals surface area (Å²) >= 11 is 3.07. The smallest absolute Gasteiger partial charge is 0.237 e. The fourth-order valence-electron chi connectivity index (χ4n) is 3.17. The van der Waals surface area contributed by atoms with Crippen LogP contribution in [0.1, 0.15) is 12.5 Å². The van der Waals surface area contributed by atoms with Gasteiger partial charge in [0.05, 0.1) is 17.2 Å². The van der Waals surface area contributed by atoms with Gasteiger partial charge in [0, 0.05) is 12.2 Å². The first-order valence-corrected chi connectivity index (χ1v) is 11.6. The van der Waals surface area contributed by atoms with E-state index in [9.17, 15) is 4.79 Å². The molecule has 0 bridgehead atoms. The summed E-state index contributed by atoms with van der Waals surface area (Å²) in [6.07, 6.45) is 0. The number of benzene rings is 2. The average Bonchev–Trinajstić information content (AvgIpc) is 3.46. The van der Waals surface area contributed by atoms with Crippen LogP contribution in [0.2, 0.25) is 0 Å². The van der Waals surface area contributed by atoms with E-state index in [1.807, 2.05) is 83.1 Å². The quantitative estimate of drug-likeness (QED) is 0.351. The Morgan fingerprint density at radius 2 is 1.73 bits per heavy atom. The molecular weight excluding hydrogens is 412 g/mol. The van der Waals surface area contributed by atoms with Crippen molar-refractivity contribution in [1.82, 2.24) is 14.8 Å². The Bertz CT molecular complexity index is 1080. The van der Waals surface area contributed by atoms with Crippen LogP contribution in [0.4, 0.5) is 5.69 Å². The normalized spacial score (nSPS) is 10.8. The molecule has 0 unspecified atom stereocenters. The maximum absolute atomic E-state index is 13.2. The van der Waals surface area contributed by atoms with Gasteiger partial charge in [-0.2, -0.15) is 0 Å². The van der Waals surface area contributed by atoms with Crippen LogP contribution in [0.3, 0.4) is 0 Å². The van der Waals surface area contributed by atoms with Crippen molar-refractivity contribution >= 4 is 34.7 Å². The molecule has 152 valence electrons. The van der Waals surface area contributed by atoms with Crippen molar-refractivity contribution in [3.63, 3.8) is 0 Å². The van der Waals surface area contributed by atoms with E-state index < -0.39 is 0 Å². The lowest BCUT2D eigenvalue weighted by atomic mass is 10.2. The number of para-hydroxylation sites is 1. The van der Waals surface area contributed by atoms with Gasteiger partial charge in [-0.25, -0.2) is 0 Å². The largest absolute Gasteiger partial charge is 0.307 e. The number of hydrogen-bond donors (Lipinski definition) is 0. The van der Waals surface area contributed by atoms with Gasteiger partial charge in [-0.3, -0.25) is 4.79 Å². The molecule has 0 saturated carbocycles. The second kappa shape index (κ2) is 9.73. The van der Waals surface area contributed by atoms with Gasteiger partial charge in [-0.05, 0) is 36.1 Å². The van der Waals surface area contributed by atoms with Crippen LogP contribution in [-0.4, -0.2) is 26.4 Å². The van der Waals surface area contributed by atoms with E-state index in [0.29, 0.717) is 12.3 Å². The highest BCUT2D eigenvalue weighted by Crippen LogP contribution is 2.28. The topological polar surface area (TPSA) is 51.0 Å². The third-order valence-electron chi connectivity index (χ3n) is 4.65. The number of carbonyl (C=O) groups is 1. The third kappa shape index (κ3) is 4.63. The fourth-order valence-corrected chi connectivity index (χ4v) is 4.77. The van der Waals surface area contributed by atoms with Gasteiger partial charge in [0.1, 0.15) is 0 Å². The first-order valence-electron chi connectivity index (χ1n) is 9.75. The zero-order valence-electron chi connectivity index (χ0n) is 16.6. The van der Waals surface area contributed by atoms with Crippen molar-refractivity contribution in [1.29, 1.82) is 0 Å². The highest BCUT2D eigenvalue weighted by atomic mass is 32.2. The molecule has 2 heterocycles. The summed E-state index contributed by atoms with van der Waals surface area (Å²) in [5.74, 6) is 1.19. The summed E-state index contributed by atoms with van der Waals surface area (Å²) in [4.78, 5) is 16.1. The van der Waals surface area contributed by atoms with Crippen LogP contribution in [-0.2, 0) is 17.9 Å². The SMILES string of the molecule is CCn1c(SCC(=O)N(Cc2ccccc2)c2ccccc2)nnc1-c1cccs1. The first-order chi connectivity index (χ1) is 14.8. The highest BCUT2D eigenvalue weighted by molar-refractivity contribution is 7.99. The van der Waals surface area contributed by atoms with Crippen molar-refractivity contribution in [2.24, 2.45) is 0 Å². The molecule has 7 heteroatoms. The monoisotopic (exact) mass is 434 g/mol. The van der Waals surface area contributed by atoms with Crippen LogP contribution in [0.15, 0.2) is 83.3 Å². The number of hydrogen-bond acceptors (Lipinski definition) is 5. The van der Waals surface area contributed by atoms with Crippen molar-refractivity contribution < 1.29 is 4.79 Å². The molecule has 30 heavy (non-hydrogen) atoms. The van der Waals surface area contributed by atoms with Gasteiger partial charge in [-0.1, -0.05) is 66.4 Å². The Balaban J connectivity index is 1.52. The zero-order valence-corrected chi connectivity index (χ0v) is 18.3. The van der Waals surface area contributed by atoms with Crippen molar-refractivity contribution in [2.75, 3.05) is 10.7 Å². The van der Waals surface area contributed by atoms with Crippen LogP contribution < -0.4 is 4.90 Å². The number of thiophene rings is 1. The van der Waals surface area contributed by atoms with Gasteiger partial charge >= 0.3 is 0 Å². The lowest BCUT2D eigenvalue weighted by Gasteiger charge is -2.23. The molecular formula is C23H22N4OS2. The third-order valence-corrected chi connectivity index (χ3v) is 6.47. The number of nitrogens with zero attached hydrogens (tertiary/aromatic N) is 4. The molecule has 0 aliphatic rings. The minimum Gasteiger partial charge on any atom is -0.307 e. The Morgan fingerprint density at radius 3 is 2.40 bits per heavy atom. The van der Waals surface area contributed by atoms with Crippen LogP contribution >= 0.6 is 23.1 Å². The summed E-state index contributed by atoms with van der Waals surface area (Å²) in [5.41, 5.74) is 1.99. The summed E-state index contributed by atoms with van der Waals surface area (Å²) in [5, 5.41) is 11.5. The molecule has 0 radical (unpaired) electrons. The van der Waals surface area contributed by atoms with Crippen LogP contribution in [0, 0.1) is 0 Å². The van der Waals surface area contributed by atoms with Crippen LogP contribution in [0.25, 0.3) is 10.7 Å². The summed E-state index contributed by atoms with van der Waals surface area (Å²) in [6, 6.07) is 23.9. The van der Waals surface area contributed by atoms with Crippen molar-refractivity contribution in [3.05, 3.63) is 83.7 Å². The number of anilines is 1. The van der Waals surface area contributed by atoms with Crippen molar-refractivity contribution in [2.45, 2.75) is 25.2 Å². The summed E-state index contributed by atoms with van der Waals surface area (Å²) in [7, 11) is 0. The number of amides is 1. The second-order valence-corrected chi connectivity index (χ2v) is 8.51. The molecule has 0 atom stereocenters. The fraction of sp³-hybridized carbons (Fsp3) is 0.174. The van der Waals surface area contributed by atoms with E-state index in [2.05, 4.69) is 21.7 Å². The van der Waals surface area contributed by atoms with Gasteiger partial charge in [-0.15, -0.1) is 21.5 Å². The molecule has 0 fully saturated rings.